The fourth-order valence-corrected chi connectivity index (χ4v) is 2.47. The van der Waals surface area contributed by atoms with Gasteiger partial charge in [-0.3, -0.25) is 4.98 Å². The normalized spacial score (nSPS) is 12.8. The molecule has 1 unspecified atom stereocenters. The topological polar surface area (TPSA) is 36.0 Å². The van der Waals surface area contributed by atoms with E-state index in [1.54, 1.807) is 29.9 Å². The van der Waals surface area contributed by atoms with Crippen molar-refractivity contribution in [2.75, 3.05) is 0 Å². The van der Waals surface area contributed by atoms with Crippen LogP contribution in [0.2, 0.25) is 5.02 Å². The highest BCUT2D eigenvalue weighted by Gasteiger charge is 2.03. The Morgan fingerprint density at radius 1 is 1.22 bits per heavy atom. The molecule has 4 heteroatoms. The molecule has 0 aliphatic rings. The Bertz CT molecular complexity index is 513. The molecule has 92 valence electrons. The maximum Gasteiger partial charge on any atom is 0.135 e. The van der Waals surface area contributed by atoms with E-state index in [1.807, 2.05) is 30.3 Å². The molecule has 0 fully saturated rings. The quantitative estimate of drug-likeness (QED) is 0.800. The maximum atomic E-state index is 11.8. The molecule has 2 rings (SSSR count). The van der Waals surface area contributed by atoms with E-state index in [1.165, 1.54) is 0 Å². The molecular formula is C14H12ClNOS. The maximum absolute atomic E-state index is 11.8. The van der Waals surface area contributed by atoms with Gasteiger partial charge in [-0.1, -0.05) is 29.8 Å². The lowest BCUT2D eigenvalue weighted by Gasteiger charge is -2.05. The van der Waals surface area contributed by atoms with Crippen molar-refractivity contribution in [2.24, 2.45) is 0 Å². The van der Waals surface area contributed by atoms with Crippen molar-refractivity contribution < 1.29 is 4.55 Å². The summed E-state index contributed by atoms with van der Waals surface area (Å²) in [5.74, 6) is 0.494. The van der Waals surface area contributed by atoms with Gasteiger partial charge in [-0.2, -0.15) is 0 Å². The summed E-state index contributed by atoms with van der Waals surface area (Å²) in [6.45, 7) is 0. The highest BCUT2D eigenvalue weighted by atomic mass is 35.5. The molecule has 0 saturated heterocycles. The molecule has 0 spiro atoms. The van der Waals surface area contributed by atoms with Crippen molar-refractivity contribution in [1.29, 1.82) is 0 Å². The second kappa shape index (κ2) is 6.59. The summed E-state index contributed by atoms with van der Waals surface area (Å²) >= 11 is 4.76. The van der Waals surface area contributed by atoms with Crippen LogP contribution in [0.1, 0.15) is 11.1 Å². The predicted octanol–water partition coefficient (Wildman–Crippen LogP) is 3.65. The molecule has 1 aromatic heterocycles. The zero-order valence-corrected chi connectivity index (χ0v) is 11.2. The molecule has 18 heavy (non-hydrogen) atoms. The second-order valence-electron chi connectivity index (χ2n) is 3.74. The third-order valence-electron chi connectivity index (χ3n) is 2.32. The summed E-state index contributed by atoms with van der Waals surface area (Å²) in [5.41, 5.74) is 1.95. The number of hydrogen-bond acceptors (Lipinski definition) is 2. The fourth-order valence-electron chi connectivity index (χ4n) is 1.42. The third-order valence-corrected chi connectivity index (χ3v) is 3.63. The Hall–Kier alpha value is -1.29. The number of rotatable bonds is 4. The van der Waals surface area contributed by atoms with E-state index in [4.69, 9.17) is 11.6 Å². The van der Waals surface area contributed by atoms with Crippen LogP contribution in [0, 0.1) is 0 Å². The first-order valence-corrected chi connectivity index (χ1v) is 7.20. The van der Waals surface area contributed by atoms with Crippen molar-refractivity contribution in [1.82, 2.24) is 4.98 Å². The SMILES string of the molecule is [O-][S+](/C=C/c1cccnc1)Cc1ccc(Cl)cc1. The van der Waals surface area contributed by atoms with Crippen molar-refractivity contribution in [2.45, 2.75) is 5.75 Å². The average Bonchev–Trinajstić information content (AvgIpc) is 2.40. The number of aromatic nitrogens is 1. The summed E-state index contributed by atoms with van der Waals surface area (Å²) in [4.78, 5) is 3.99. The van der Waals surface area contributed by atoms with Crippen LogP contribution in [0.3, 0.4) is 0 Å². The number of hydrogen-bond donors (Lipinski definition) is 0. The minimum atomic E-state index is -1.03. The van der Waals surface area contributed by atoms with E-state index in [2.05, 4.69) is 4.98 Å². The summed E-state index contributed by atoms with van der Waals surface area (Å²) in [6.07, 6.45) is 5.26. The number of pyridine rings is 1. The number of benzene rings is 1. The molecule has 0 bridgehead atoms. The number of nitrogens with zero attached hydrogens (tertiary/aromatic N) is 1. The van der Waals surface area contributed by atoms with Gasteiger partial charge >= 0.3 is 0 Å². The van der Waals surface area contributed by atoms with Gasteiger partial charge in [0.2, 0.25) is 0 Å². The first-order valence-electron chi connectivity index (χ1n) is 5.44. The lowest BCUT2D eigenvalue weighted by Crippen LogP contribution is -1.99. The van der Waals surface area contributed by atoms with E-state index in [0.717, 1.165) is 11.1 Å². The lowest BCUT2D eigenvalue weighted by atomic mass is 10.2. The third kappa shape index (κ3) is 4.18. The molecule has 2 aromatic rings. The molecule has 0 amide bonds. The van der Waals surface area contributed by atoms with Crippen molar-refractivity contribution in [3.05, 3.63) is 70.3 Å². The van der Waals surface area contributed by atoms with E-state index in [-0.39, 0.29) is 0 Å². The Morgan fingerprint density at radius 2 is 2.00 bits per heavy atom. The highest BCUT2D eigenvalue weighted by molar-refractivity contribution is 7.93. The molecule has 0 N–H and O–H groups in total. The van der Waals surface area contributed by atoms with Gasteiger partial charge in [0.1, 0.15) is 11.2 Å². The first kappa shape index (κ1) is 13.1. The van der Waals surface area contributed by atoms with Gasteiger partial charge < -0.3 is 4.55 Å². The summed E-state index contributed by atoms with van der Waals surface area (Å²) in [7, 11) is 0. The lowest BCUT2D eigenvalue weighted by molar-refractivity contribution is 0.603. The van der Waals surface area contributed by atoms with Gasteiger partial charge in [-0.15, -0.1) is 0 Å². The van der Waals surface area contributed by atoms with Crippen LogP contribution in [0.25, 0.3) is 6.08 Å². The minimum Gasteiger partial charge on any atom is -0.612 e. The van der Waals surface area contributed by atoms with Gasteiger partial charge in [0.05, 0.1) is 0 Å². The van der Waals surface area contributed by atoms with Crippen LogP contribution in [-0.2, 0) is 16.9 Å². The van der Waals surface area contributed by atoms with Crippen molar-refractivity contribution in [3.63, 3.8) is 0 Å². The van der Waals surface area contributed by atoms with Crippen LogP contribution in [0.5, 0.6) is 0 Å². The summed E-state index contributed by atoms with van der Waals surface area (Å²) in [6, 6.07) is 11.2. The van der Waals surface area contributed by atoms with E-state index in [9.17, 15) is 4.55 Å². The molecule has 0 aliphatic heterocycles. The standard InChI is InChI=1S/C14H12ClNOS/c15-14-5-3-13(4-6-14)11-18(17)9-7-12-2-1-8-16-10-12/h1-10H,11H2/b9-7+. The molecule has 0 saturated carbocycles. The molecule has 1 aromatic carbocycles. The zero-order chi connectivity index (χ0) is 12.8. The molecule has 0 radical (unpaired) electrons. The van der Waals surface area contributed by atoms with Gasteiger partial charge in [0.15, 0.2) is 0 Å². The molecule has 0 aliphatic carbocycles. The highest BCUT2D eigenvalue weighted by Crippen LogP contribution is 2.13. The predicted molar refractivity (Wildman–Crippen MR) is 76.6 cm³/mol. The zero-order valence-electron chi connectivity index (χ0n) is 9.62. The Labute approximate surface area is 115 Å². The largest absolute Gasteiger partial charge is 0.612 e. The Kier molecular flexibility index (Phi) is 4.81. The summed E-state index contributed by atoms with van der Waals surface area (Å²) in [5, 5.41) is 2.38. The van der Waals surface area contributed by atoms with Crippen LogP contribution >= 0.6 is 11.6 Å². The smallest absolute Gasteiger partial charge is 0.135 e. The van der Waals surface area contributed by atoms with Crippen LogP contribution in [-0.4, -0.2) is 9.54 Å². The molecule has 1 heterocycles. The monoisotopic (exact) mass is 277 g/mol. The Morgan fingerprint density at radius 3 is 2.67 bits per heavy atom. The average molecular weight is 278 g/mol. The van der Waals surface area contributed by atoms with E-state index in [0.29, 0.717) is 10.8 Å². The minimum absolute atomic E-state index is 0.494. The van der Waals surface area contributed by atoms with Crippen molar-refractivity contribution >= 4 is 28.9 Å². The number of halogens is 1. The van der Waals surface area contributed by atoms with Crippen LogP contribution < -0.4 is 0 Å². The van der Waals surface area contributed by atoms with Gasteiger partial charge in [-0.05, 0) is 41.0 Å². The molecule has 2 nitrogen and oxygen atoms in total. The van der Waals surface area contributed by atoms with E-state index < -0.39 is 11.2 Å². The summed E-state index contributed by atoms with van der Waals surface area (Å²) < 4.78 is 11.8. The van der Waals surface area contributed by atoms with Gasteiger partial charge in [0.25, 0.3) is 0 Å². The van der Waals surface area contributed by atoms with Crippen LogP contribution in [0.4, 0.5) is 0 Å². The van der Waals surface area contributed by atoms with Gasteiger partial charge in [-0.25, -0.2) is 0 Å². The molecular weight excluding hydrogens is 266 g/mol. The van der Waals surface area contributed by atoms with Crippen molar-refractivity contribution in [3.8, 4) is 0 Å². The fraction of sp³-hybridized carbons (Fsp3) is 0.0714. The Balaban J connectivity index is 1.94. The molecule has 1 atom stereocenters. The first-order chi connectivity index (χ1) is 8.74. The second-order valence-corrected chi connectivity index (χ2v) is 5.50. The van der Waals surface area contributed by atoms with Gasteiger partial charge in [0, 0.05) is 23.0 Å². The van der Waals surface area contributed by atoms with Crippen LogP contribution in [0.15, 0.2) is 54.2 Å². The van der Waals surface area contributed by atoms with E-state index >= 15 is 0 Å².